The van der Waals surface area contributed by atoms with Crippen LogP contribution in [0.5, 0.6) is 0 Å². The third-order valence-corrected chi connectivity index (χ3v) is 7.50. The molecule has 2 heterocycles. The fourth-order valence-electron chi connectivity index (χ4n) is 4.11. The van der Waals surface area contributed by atoms with Gasteiger partial charge in [-0.1, -0.05) is 49.9 Å². The minimum Gasteiger partial charge on any atom is -0.399 e. The SMILES string of the molecule is Cc1ccccc1CNC(=O)c1ccc(Sc2ccc(N)cc2)c(Nc2ncnc3nc(C(C)C)ccc23)c1. The van der Waals surface area contributed by atoms with Gasteiger partial charge in [-0.05, 0) is 78.6 Å². The summed E-state index contributed by atoms with van der Waals surface area (Å²) in [5.74, 6) is 0.763. The van der Waals surface area contributed by atoms with E-state index in [-0.39, 0.29) is 5.91 Å². The Kier molecular flexibility index (Phi) is 7.74. The van der Waals surface area contributed by atoms with Gasteiger partial charge in [0.15, 0.2) is 5.65 Å². The van der Waals surface area contributed by atoms with E-state index in [9.17, 15) is 4.79 Å². The number of nitrogens with zero attached hydrogens (tertiary/aromatic N) is 3. The number of benzene rings is 3. The topological polar surface area (TPSA) is 106 Å². The van der Waals surface area contributed by atoms with Crippen molar-refractivity contribution in [3.63, 3.8) is 0 Å². The number of amides is 1. The van der Waals surface area contributed by atoms with E-state index in [1.807, 2.05) is 85.8 Å². The highest BCUT2D eigenvalue weighted by atomic mass is 32.2. The lowest BCUT2D eigenvalue weighted by Gasteiger charge is -2.15. The highest BCUT2D eigenvalue weighted by molar-refractivity contribution is 7.99. The summed E-state index contributed by atoms with van der Waals surface area (Å²) in [4.78, 5) is 28.7. The van der Waals surface area contributed by atoms with E-state index in [0.717, 1.165) is 37.7 Å². The molecule has 0 fully saturated rings. The lowest BCUT2D eigenvalue weighted by atomic mass is 10.1. The van der Waals surface area contributed by atoms with Crippen LogP contribution in [0, 0.1) is 6.92 Å². The van der Waals surface area contributed by atoms with Crippen molar-refractivity contribution < 1.29 is 4.79 Å². The third-order valence-electron chi connectivity index (χ3n) is 6.41. The molecule has 4 N–H and O–H groups in total. The van der Waals surface area contributed by atoms with Crippen molar-refractivity contribution in [1.29, 1.82) is 0 Å². The van der Waals surface area contributed by atoms with Gasteiger partial charge in [0.05, 0.1) is 11.1 Å². The maximum atomic E-state index is 13.2. The predicted molar refractivity (Wildman–Crippen MR) is 158 cm³/mol. The molecule has 0 bridgehead atoms. The smallest absolute Gasteiger partial charge is 0.251 e. The Morgan fingerprint density at radius 1 is 0.974 bits per heavy atom. The molecule has 8 heteroatoms. The molecule has 0 spiro atoms. The fourth-order valence-corrected chi connectivity index (χ4v) is 4.99. The number of hydrogen-bond acceptors (Lipinski definition) is 7. The summed E-state index contributed by atoms with van der Waals surface area (Å²) in [6.45, 7) is 6.70. The lowest BCUT2D eigenvalue weighted by molar-refractivity contribution is 0.0951. The Morgan fingerprint density at radius 3 is 2.54 bits per heavy atom. The molecular formula is C31H30N6OS. The zero-order valence-corrected chi connectivity index (χ0v) is 22.9. The zero-order valence-electron chi connectivity index (χ0n) is 22.1. The summed E-state index contributed by atoms with van der Waals surface area (Å²) in [5, 5.41) is 7.31. The number of rotatable bonds is 8. The van der Waals surface area contributed by atoms with E-state index < -0.39 is 0 Å². The average molecular weight is 535 g/mol. The quantitative estimate of drug-likeness (QED) is 0.187. The van der Waals surface area contributed by atoms with Crippen molar-refractivity contribution in [2.24, 2.45) is 0 Å². The lowest BCUT2D eigenvalue weighted by Crippen LogP contribution is -2.23. The Morgan fingerprint density at radius 2 is 1.77 bits per heavy atom. The van der Waals surface area contributed by atoms with Gasteiger partial charge in [-0.3, -0.25) is 4.79 Å². The number of nitrogens with two attached hydrogens (primary N) is 1. The molecule has 5 aromatic rings. The van der Waals surface area contributed by atoms with Gasteiger partial charge in [-0.25, -0.2) is 15.0 Å². The van der Waals surface area contributed by atoms with Crippen LogP contribution >= 0.6 is 11.8 Å². The first kappa shape index (κ1) is 26.2. The van der Waals surface area contributed by atoms with Crippen molar-refractivity contribution in [1.82, 2.24) is 20.3 Å². The van der Waals surface area contributed by atoms with Gasteiger partial charge in [-0.15, -0.1) is 0 Å². The molecule has 0 saturated carbocycles. The molecular weight excluding hydrogens is 504 g/mol. The minimum atomic E-state index is -0.152. The van der Waals surface area contributed by atoms with Crippen LogP contribution in [-0.2, 0) is 6.54 Å². The fraction of sp³-hybridized carbons (Fsp3) is 0.161. The van der Waals surface area contributed by atoms with E-state index in [2.05, 4.69) is 34.4 Å². The van der Waals surface area contributed by atoms with Gasteiger partial charge < -0.3 is 16.4 Å². The molecule has 1 amide bonds. The molecule has 2 aromatic heterocycles. The summed E-state index contributed by atoms with van der Waals surface area (Å²) < 4.78 is 0. The van der Waals surface area contributed by atoms with Gasteiger partial charge >= 0.3 is 0 Å². The van der Waals surface area contributed by atoms with Crippen LogP contribution in [0.1, 0.15) is 46.9 Å². The molecule has 196 valence electrons. The van der Waals surface area contributed by atoms with Gasteiger partial charge in [0.2, 0.25) is 0 Å². The second kappa shape index (κ2) is 11.5. The predicted octanol–water partition coefficient (Wildman–Crippen LogP) is 6.86. The number of carbonyl (C=O) groups excluding carboxylic acids is 1. The molecule has 0 aliphatic rings. The van der Waals surface area contributed by atoms with Crippen molar-refractivity contribution in [3.05, 3.63) is 108 Å². The van der Waals surface area contributed by atoms with Crippen LogP contribution in [0.25, 0.3) is 11.0 Å². The van der Waals surface area contributed by atoms with Crippen LogP contribution in [0.4, 0.5) is 17.2 Å². The molecule has 0 saturated heterocycles. The second-order valence-corrected chi connectivity index (χ2v) is 10.7. The van der Waals surface area contributed by atoms with E-state index in [1.165, 1.54) is 6.33 Å². The summed E-state index contributed by atoms with van der Waals surface area (Å²) in [6, 6.07) is 25.4. The molecule has 3 aromatic carbocycles. The van der Waals surface area contributed by atoms with Crippen LogP contribution < -0.4 is 16.4 Å². The average Bonchev–Trinajstić information content (AvgIpc) is 2.94. The highest BCUT2D eigenvalue weighted by Crippen LogP contribution is 2.36. The molecule has 0 aliphatic heterocycles. The second-order valence-electron chi connectivity index (χ2n) is 9.60. The number of nitrogens with one attached hydrogen (secondary N) is 2. The van der Waals surface area contributed by atoms with Gasteiger partial charge in [0, 0.05) is 33.3 Å². The normalized spacial score (nSPS) is 11.1. The van der Waals surface area contributed by atoms with Crippen LogP contribution in [-0.4, -0.2) is 20.9 Å². The Balaban J connectivity index is 1.48. The summed E-state index contributed by atoms with van der Waals surface area (Å²) in [7, 11) is 0. The molecule has 0 atom stereocenters. The molecule has 5 rings (SSSR count). The zero-order chi connectivity index (χ0) is 27.4. The van der Waals surface area contributed by atoms with Crippen LogP contribution in [0.15, 0.2) is 95.0 Å². The number of hydrogen-bond donors (Lipinski definition) is 3. The van der Waals surface area contributed by atoms with Gasteiger partial charge in [0.25, 0.3) is 5.91 Å². The van der Waals surface area contributed by atoms with E-state index >= 15 is 0 Å². The standard InChI is InChI=1S/C31H30N6OS/c1-19(2)26-14-13-25-29(36-26)34-18-35-30(25)37-27-16-21(31(38)33-17-22-7-5-4-6-20(22)3)8-15-28(27)39-24-11-9-23(32)10-12-24/h4-16,18-19H,17,32H2,1-3H3,(H,33,38)(H,34,35,36,37). The number of nitrogen functional groups attached to an aromatic ring is 1. The van der Waals surface area contributed by atoms with E-state index in [0.29, 0.717) is 35.2 Å². The highest BCUT2D eigenvalue weighted by Gasteiger charge is 2.15. The Labute approximate surface area is 232 Å². The Hall–Kier alpha value is -4.43. The molecule has 39 heavy (non-hydrogen) atoms. The summed E-state index contributed by atoms with van der Waals surface area (Å²) in [5.41, 5.74) is 11.7. The van der Waals surface area contributed by atoms with Crippen LogP contribution in [0.3, 0.4) is 0 Å². The number of fused-ring (bicyclic) bond motifs is 1. The maximum Gasteiger partial charge on any atom is 0.251 e. The largest absolute Gasteiger partial charge is 0.399 e. The number of carbonyl (C=O) groups is 1. The van der Waals surface area contributed by atoms with Crippen molar-refractivity contribution in [3.8, 4) is 0 Å². The van der Waals surface area contributed by atoms with Crippen molar-refractivity contribution in [2.75, 3.05) is 11.1 Å². The Bertz CT molecular complexity index is 1630. The van der Waals surface area contributed by atoms with Gasteiger partial charge in [0.1, 0.15) is 12.1 Å². The summed E-state index contributed by atoms with van der Waals surface area (Å²) in [6.07, 6.45) is 1.51. The first-order valence-electron chi connectivity index (χ1n) is 12.8. The molecule has 7 nitrogen and oxygen atoms in total. The molecule has 0 aliphatic carbocycles. The van der Waals surface area contributed by atoms with Gasteiger partial charge in [-0.2, -0.15) is 0 Å². The monoisotopic (exact) mass is 534 g/mol. The number of pyridine rings is 1. The van der Waals surface area contributed by atoms with E-state index in [1.54, 1.807) is 11.8 Å². The van der Waals surface area contributed by atoms with Crippen molar-refractivity contribution in [2.45, 2.75) is 43.0 Å². The first-order chi connectivity index (χ1) is 18.9. The number of aromatic nitrogens is 3. The summed E-state index contributed by atoms with van der Waals surface area (Å²) >= 11 is 1.58. The van der Waals surface area contributed by atoms with Crippen molar-refractivity contribution >= 4 is 45.9 Å². The third kappa shape index (κ3) is 6.18. The molecule has 0 unspecified atom stereocenters. The van der Waals surface area contributed by atoms with E-state index in [4.69, 9.17) is 10.7 Å². The first-order valence-corrected chi connectivity index (χ1v) is 13.6. The minimum absolute atomic E-state index is 0.152. The molecule has 0 radical (unpaired) electrons. The number of aryl methyl sites for hydroxylation is 1. The maximum absolute atomic E-state index is 13.2. The number of anilines is 3. The van der Waals surface area contributed by atoms with Crippen LogP contribution in [0.2, 0.25) is 0 Å².